The quantitative estimate of drug-likeness (QED) is 0.128. The van der Waals surface area contributed by atoms with E-state index in [1.54, 1.807) is 35.1 Å². The van der Waals surface area contributed by atoms with E-state index in [-0.39, 0.29) is 17.3 Å². The standard InChI is InChI=1S/C26H21F5N6OS/c27-21-3-1-4-22(28)23(21)37-13-2-14-39-25(37)36-35-15-17-5-7-18(8-6-17)24(32)34-16-33-19-9-11-20(12-10-19)38-26(29,30)31/h1,3-12,15-16H,2,13-14H2,(H2,32,33,34)/p+1/b35-15+. The maximum absolute atomic E-state index is 14.3. The molecule has 0 unspecified atom stereocenters. The fourth-order valence-electron chi connectivity index (χ4n) is 3.49. The summed E-state index contributed by atoms with van der Waals surface area (Å²) >= 11 is 1.42. The second-order valence-electron chi connectivity index (χ2n) is 8.02. The van der Waals surface area contributed by atoms with Crippen molar-refractivity contribution < 1.29 is 31.3 Å². The second-order valence-corrected chi connectivity index (χ2v) is 9.11. The summed E-state index contributed by atoms with van der Waals surface area (Å²) < 4.78 is 70.6. The lowest BCUT2D eigenvalue weighted by Crippen LogP contribution is -2.31. The number of nitrogens with two attached hydrogens (primary N) is 1. The Morgan fingerprint density at radius 3 is 2.36 bits per heavy atom. The van der Waals surface area contributed by atoms with Gasteiger partial charge in [0.15, 0.2) is 17.3 Å². The third-order valence-corrected chi connectivity index (χ3v) is 6.35. The first-order chi connectivity index (χ1) is 18.7. The van der Waals surface area contributed by atoms with Gasteiger partial charge >= 0.3 is 11.5 Å². The highest BCUT2D eigenvalue weighted by Gasteiger charge is 2.31. The van der Waals surface area contributed by atoms with Crippen LogP contribution in [0.1, 0.15) is 17.5 Å². The van der Waals surface area contributed by atoms with Crippen LogP contribution in [0.25, 0.3) is 0 Å². The largest absolute Gasteiger partial charge is 0.573 e. The van der Waals surface area contributed by atoms with E-state index in [1.807, 2.05) is 0 Å². The van der Waals surface area contributed by atoms with Gasteiger partial charge in [-0.15, -0.1) is 18.6 Å². The van der Waals surface area contributed by atoms with Gasteiger partial charge in [-0.2, -0.15) is 0 Å². The fraction of sp³-hybridized carbons (Fsp3) is 0.154. The summed E-state index contributed by atoms with van der Waals surface area (Å²) in [5, 5.41) is 4.73. The number of nitrogens with one attached hydrogen (secondary N) is 1. The maximum atomic E-state index is 14.3. The Morgan fingerprint density at radius 1 is 1.00 bits per heavy atom. The van der Waals surface area contributed by atoms with E-state index in [2.05, 4.69) is 25.2 Å². The molecule has 0 saturated carbocycles. The van der Waals surface area contributed by atoms with E-state index in [0.29, 0.717) is 23.0 Å². The molecular weight excluding hydrogens is 539 g/mol. The van der Waals surface area contributed by atoms with E-state index in [4.69, 9.17) is 5.73 Å². The third kappa shape index (κ3) is 7.87. The number of hydrazone groups is 1. The number of nitrogens with zero attached hydrogens (tertiary/aromatic N) is 4. The smallest absolute Gasteiger partial charge is 0.406 e. The van der Waals surface area contributed by atoms with Gasteiger partial charge in [0.1, 0.15) is 17.9 Å². The van der Waals surface area contributed by atoms with E-state index < -0.39 is 18.0 Å². The molecule has 1 aliphatic heterocycles. The molecule has 39 heavy (non-hydrogen) atoms. The van der Waals surface area contributed by atoms with E-state index in [1.165, 1.54) is 48.4 Å². The van der Waals surface area contributed by atoms with Crippen LogP contribution >= 0.6 is 11.8 Å². The maximum Gasteiger partial charge on any atom is 0.573 e. The first-order valence-corrected chi connectivity index (χ1v) is 12.5. The Morgan fingerprint density at radius 2 is 1.69 bits per heavy atom. The number of hydrogen-bond acceptors (Lipinski definition) is 5. The topological polar surface area (TPSA) is 87.4 Å². The van der Waals surface area contributed by atoms with Crippen LogP contribution in [0.5, 0.6) is 5.75 Å². The van der Waals surface area contributed by atoms with Crippen molar-refractivity contribution in [3.8, 4) is 5.75 Å². The van der Waals surface area contributed by atoms with Crippen molar-refractivity contribution in [1.29, 1.82) is 0 Å². The molecule has 3 N–H and O–H groups in total. The number of alkyl halides is 3. The molecule has 0 saturated heterocycles. The first-order valence-electron chi connectivity index (χ1n) is 11.5. The van der Waals surface area contributed by atoms with Crippen LogP contribution < -0.4 is 15.9 Å². The van der Waals surface area contributed by atoms with Crippen LogP contribution in [0, 0.1) is 11.6 Å². The van der Waals surface area contributed by atoms with Crippen molar-refractivity contribution in [3.05, 3.63) is 89.5 Å². The number of ether oxygens (including phenoxy) is 1. The van der Waals surface area contributed by atoms with Crippen molar-refractivity contribution in [2.45, 2.75) is 12.8 Å². The van der Waals surface area contributed by atoms with Gasteiger partial charge in [-0.05, 0) is 60.1 Å². The molecule has 0 atom stereocenters. The zero-order valence-corrected chi connectivity index (χ0v) is 21.0. The molecule has 0 radical (unpaired) electrons. The zero-order valence-electron chi connectivity index (χ0n) is 20.2. The SMILES string of the molecule is NC(=NC=Nc1ccc(OC(F)(F)F)cc1)c1ccc(/C=N/NC2=[N+](c3c(F)cccc3F)CCCS2)cc1. The van der Waals surface area contributed by atoms with E-state index in [0.717, 1.165) is 29.9 Å². The molecular formula is C26H22F5N6OS+. The lowest BCUT2D eigenvalue weighted by atomic mass is 10.1. The van der Waals surface area contributed by atoms with E-state index >= 15 is 0 Å². The second kappa shape index (κ2) is 12.5. The van der Waals surface area contributed by atoms with Gasteiger partial charge in [-0.3, -0.25) is 0 Å². The average Bonchev–Trinajstić information content (AvgIpc) is 2.90. The van der Waals surface area contributed by atoms with Crippen molar-refractivity contribution in [3.63, 3.8) is 0 Å². The first kappa shape index (κ1) is 27.8. The normalized spacial score (nSPS) is 14.8. The highest BCUT2D eigenvalue weighted by atomic mass is 32.2. The van der Waals surface area contributed by atoms with Crippen LogP contribution in [-0.4, -0.2) is 46.8 Å². The number of thioether (sulfide) groups is 1. The predicted molar refractivity (Wildman–Crippen MR) is 142 cm³/mol. The summed E-state index contributed by atoms with van der Waals surface area (Å²) in [4.78, 5) is 8.09. The highest BCUT2D eigenvalue weighted by Crippen LogP contribution is 2.26. The predicted octanol–water partition coefficient (Wildman–Crippen LogP) is 5.69. The molecule has 0 fully saturated rings. The molecule has 0 aromatic heterocycles. The molecule has 1 heterocycles. The Kier molecular flexibility index (Phi) is 8.92. The summed E-state index contributed by atoms with van der Waals surface area (Å²) in [6, 6.07) is 15.7. The van der Waals surface area contributed by atoms with Crippen LogP contribution in [0.15, 0.2) is 81.8 Å². The molecule has 0 bridgehead atoms. The molecule has 3 aromatic carbocycles. The van der Waals surface area contributed by atoms with Crippen molar-refractivity contribution in [2.24, 2.45) is 20.8 Å². The Hall–Kier alpha value is -4.26. The van der Waals surface area contributed by atoms with Gasteiger partial charge < -0.3 is 10.5 Å². The number of hydrogen-bond donors (Lipinski definition) is 2. The van der Waals surface area contributed by atoms with Crippen LogP contribution in [0.4, 0.5) is 33.3 Å². The molecule has 4 rings (SSSR count). The monoisotopic (exact) mass is 561 g/mol. The van der Waals surface area contributed by atoms with Gasteiger partial charge in [0.2, 0.25) is 0 Å². The number of halogens is 5. The van der Waals surface area contributed by atoms with Gasteiger partial charge in [0.05, 0.1) is 18.4 Å². The van der Waals surface area contributed by atoms with Gasteiger partial charge in [-0.25, -0.2) is 23.3 Å². The lowest BCUT2D eigenvalue weighted by Gasteiger charge is -2.15. The van der Waals surface area contributed by atoms with Gasteiger partial charge in [0.25, 0.3) is 0 Å². The molecule has 7 nitrogen and oxygen atoms in total. The summed E-state index contributed by atoms with van der Waals surface area (Å²) in [6.45, 7) is 0.455. The number of amidine groups is 2. The summed E-state index contributed by atoms with van der Waals surface area (Å²) in [6.07, 6.45) is -1.24. The molecule has 1 aliphatic rings. The van der Waals surface area contributed by atoms with Crippen LogP contribution in [0.2, 0.25) is 0 Å². The fourth-order valence-corrected chi connectivity index (χ4v) is 4.41. The molecule has 0 aliphatic carbocycles. The summed E-state index contributed by atoms with van der Waals surface area (Å²) in [5.41, 5.74) is 10.5. The van der Waals surface area contributed by atoms with Crippen LogP contribution in [0.3, 0.4) is 0 Å². The Labute approximate surface area is 224 Å². The van der Waals surface area contributed by atoms with Crippen molar-refractivity contribution in [1.82, 2.24) is 5.43 Å². The van der Waals surface area contributed by atoms with Gasteiger partial charge in [0, 0.05) is 11.3 Å². The number of rotatable bonds is 7. The van der Waals surface area contributed by atoms with Crippen LogP contribution in [-0.2, 0) is 0 Å². The number of benzene rings is 3. The van der Waals surface area contributed by atoms with Crippen molar-refractivity contribution >= 4 is 46.7 Å². The minimum absolute atomic E-state index is 0.113. The number of para-hydroxylation sites is 1. The van der Waals surface area contributed by atoms with E-state index in [9.17, 15) is 22.0 Å². The molecule has 13 heteroatoms. The van der Waals surface area contributed by atoms with Gasteiger partial charge in [-0.1, -0.05) is 35.4 Å². The highest BCUT2D eigenvalue weighted by molar-refractivity contribution is 8.13. The number of aliphatic imine (C=N–C) groups is 2. The molecule has 3 aromatic rings. The zero-order chi connectivity index (χ0) is 27.8. The molecule has 202 valence electrons. The minimum atomic E-state index is -4.76. The molecule has 0 amide bonds. The van der Waals surface area contributed by atoms with Crippen molar-refractivity contribution in [2.75, 3.05) is 12.3 Å². The average molecular weight is 562 g/mol. The summed E-state index contributed by atoms with van der Waals surface area (Å²) in [7, 11) is 0. The minimum Gasteiger partial charge on any atom is -0.406 e. The third-order valence-electron chi connectivity index (χ3n) is 5.27. The Balaban J connectivity index is 1.38. The molecule has 0 spiro atoms. The lowest BCUT2D eigenvalue weighted by molar-refractivity contribution is -0.445. The Bertz CT molecular complexity index is 1400. The summed E-state index contributed by atoms with van der Waals surface area (Å²) in [5.74, 6) is -0.674.